The van der Waals surface area contributed by atoms with E-state index in [0.29, 0.717) is 38.7 Å². The molecular formula is C129H88F7N11O2. The van der Waals surface area contributed by atoms with Gasteiger partial charge in [-0.15, -0.1) is 0 Å². The molecule has 27 aromatic rings. The van der Waals surface area contributed by atoms with Crippen LogP contribution in [0, 0.1) is 102 Å². The molecule has 0 atom stereocenters. The average Bonchev–Trinajstić information content (AvgIpc) is 1.53. The van der Waals surface area contributed by atoms with Crippen molar-refractivity contribution in [1.82, 2.24) is 36.5 Å². The van der Waals surface area contributed by atoms with Crippen LogP contribution in [0.3, 0.4) is 0 Å². The molecule has 10 heterocycles. The average molecular weight is 1960 g/mol. The molecule has 0 unspecified atom stereocenters. The number of nitriles is 3. The van der Waals surface area contributed by atoms with Crippen molar-refractivity contribution in [1.29, 1.82) is 15.8 Å². The summed E-state index contributed by atoms with van der Waals surface area (Å²) in [6, 6.07) is 133. The van der Waals surface area contributed by atoms with Crippen molar-refractivity contribution in [3.05, 3.63) is 444 Å². The van der Waals surface area contributed by atoms with Crippen molar-refractivity contribution < 1.29 is 40.2 Å². The molecule has 720 valence electrons. The lowest BCUT2D eigenvalue weighted by Crippen LogP contribution is -2.18. The van der Waals surface area contributed by atoms with E-state index >= 15 is 8.78 Å². The molecule has 20 heteroatoms. The summed E-state index contributed by atoms with van der Waals surface area (Å²) in [5, 5.41) is 48.8. The third kappa shape index (κ3) is 14.5. The molecule has 2 aliphatic heterocycles. The normalized spacial score (nSPS) is 12.6. The summed E-state index contributed by atoms with van der Waals surface area (Å²) in [4.78, 5) is 0. The number of para-hydroxylation sites is 12. The number of aromatic nitrogens is 8. The van der Waals surface area contributed by atoms with Gasteiger partial charge >= 0.3 is 0 Å². The highest BCUT2D eigenvalue weighted by molar-refractivity contribution is 6.20. The molecule has 0 saturated carbocycles. The minimum absolute atomic E-state index is 0.00461. The number of aryl methyl sites for hydroxylation is 4. The van der Waals surface area contributed by atoms with Crippen molar-refractivity contribution >= 4 is 174 Å². The van der Waals surface area contributed by atoms with E-state index in [1.54, 1.807) is 13.7 Å². The predicted octanol–water partition coefficient (Wildman–Crippen LogP) is 33.3. The molecule has 0 aliphatic carbocycles. The zero-order chi connectivity index (χ0) is 101. The summed E-state index contributed by atoms with van der Waals surface area (Å²) < 4.78 is 125. The van der Waals surface area contributed by atoms with Crippen LogP contribution in [0.1, 0.15) is 64.6 Å². The number of rotatable bonds is 8. The van der Waals surface area contributed by atoms with E-state index in [-0.39, 0.29) is 22.6 Å². The first-order valence-electron chi connectivity index (χ1n) is 49.6. The highest BCUT2D eigenvalue weighted by Gasteiger charge is 2.39. The SMILES string of the molecule is C1CCOC1.C1CCOC1.Cc1ccc2c(c1)c1cc(C)ccc1n2-c1c(-n2c3ccccc3c3ccccc32)c(C#N)c(-n2c3ccccc3c3ccccc32)c(-n2c3ccc(C)cc3c3cc(C)ccc32)c1-n1c2ccccc2c2ccccc21.N#Cc1c(-n2c3ccccc3c3ccccc32)c(F)c(-n2c3ccccc3c3ccccc32)c(F)c1-n1c2ccccc2c2ccccc21.N#Cc1c(F)c(F)c(F)c(F)c1F. The molecule has 2 saturated heterocycles. The predicted molar refractivity (Wildman–Crippen MR) is 587 cm³/mol. The zero-order valence-corrected chi connectivity index (χ0v) is 81.2. The number of fused-ring (bicyclic) bond motifs is 24. The molecule has 0 amide bonds. The first kappa shape index (κ1) is 91.7. The van der Waals surface area contributed by atoms with Gasteiger partial charge < -0.3 is 46.0 Å². The summed E-state index contributed by atoms with van der Waals surface area (Å²) in [5.41, 5.74) is 22.3. The molecule has 0 radical (unpaired) electrons. The van der Waals surface area contributed by atoms with Crippen molar-refractivity contribution in [2.24, 2.45) is 0 Å². The van der Waals surface area contributed by atoms with Gasteiger partial charge in [-0.3, -0.25) is 0 Å². The third-order valence-electron chi connectivity index (χ3n) is 29.3. The van der Waals surface area contributed by atoms with Crippen molar-refractivity contribution in [3.8, 4) is 63.7 Å². The van der Waals surface area contributed by atoms with Gasteiger partial charge in [-0.1, -0.05) is 265 Å². The number of hydrogen-bond acceptors (Lipinski definition) is 5. The summed E-state index contributed by atoms with van der Waals surface area (Å²) in [7, 11) is 0. The summed E-state index contributed by atoms with van der Waals surface area (Å²) in [6.45, 7) is 12.7. The Bertz CT molecular complexity index is 9530. The smallest absolute Gasteiger partial charge is 0.200 e. The second-order valence-electron chi connectivity index (χ2n) is 38.1. The Hall–Kier alpha value is -18.5. The zero-order valence-electron chi connectivity index (χ0n) is 81.2. The largest absolute Gasteiger partial charge is 0.381 e. The van der Waals surface area contributed by atoms with Crippen molar-refractivity contribution in [3.63, 3.8) is 0 Å². The lowest BCUT2D eigenvalue weighted by Gasteiger charge is -2.30. The quantitative estimate of drug-likeness (QED) is 0.0850. The first-order valence-corrected chi connectivity index (χ1v) is 49.6. The fourth-order valence-electron chi connectivity index (χ4n) is 22.9. The van der Waals surface area contributed by atoms with Gasteiger partial charge in [0, 0.05) is 113 Å². The molecule has 19 aromatic carbocycles. The highest BCUT2D eigenvalue weighted by atomic mass is 19.2. The molecule has 149 heavy (non-hydrogen) atoms. The number of hydrogen-bond donors (Lipinski definition) is 0. The van der Waals surface area contributed by atoms with Crippen LogP contribution in [-0.2, 0) is 9.47 Å². The number of halogens is 7. The second-order valence-corrected chi connectivity index (χ2v) is 38.1. The minimum atomic E-state index is -2.27. The number of benzene rings is 19. The van der Waals surface area contributed by atoms with E-state index in [4.69, 9.17) is 14.7 Å². The van der Waals surface area contributed by atoms with E-state index in [1.165, 1.54) is 47.9 Å². The van der Waals surface area contributed by atoms with Crippen LogP contribution in [0.15, 0.2) is 364 Å². The molecular weight excluding hydrogens is 1870 g/mol. The van der Waals surface area contributed by atoms with Crippen LogP contribution in [0.4, 0.5) is 30.7 Å². The Morgan fingerprint density at radius 3 is 0.530 bits per heavy atom. The Morgan fingerprint density at radius 2 is 0.336 bits per heavy atom. The molecule has 2 fully saturated rings. The van der Waals surface area contributed by atoms with Gasteiger partial charge in [-0.25, -0.2) is 30.7 Å². The van der Waals surface area contributed by atoms with Crippen molar-refractivity contribution in [2.45, 2.75) is 53.4 Å². The third-order valence-corrected chi connectivity index (χ3v) is 29.3. The fourth-order valence-corrected chi connectivity index (χ4v) is 22.9. The van der Waals surface area contributed by atoms with Crippen molar-refractivity contribution in [2.75, 3.05) is 26.4 Å². The fraction of sp³-hybridized carbons (Fsp3) is 0.0930. The van der Waals surface area contributed by atoms with E-state index in [9.17, 15) is 32.5 Å². The Morgan fingerprint density at radius 1 is 0.174 bits per heavy atom. The van der Waals surface area contributed by atoms with Gasteiger partial charge in [0.15, 0.2) is 34.9 Å². The lowest BCUT2D eigenvalue weighted by molar-refractivity contribution is 0.198. The molecule has 0 bridgehead atoms. The highest BCUT2D eigenvalue weighted by Crippen LogP contribution is 2.54. The van der Waals surface area contributed by atoms with Crippen LogP contribution < -0.4 is 0 Å². The topological polar surface area (TPSA) is 129 Å². The van der Waals surface area contributed by atoms with Gasteiger partial charge in [0.05, 0.1) is 117 Å². The Labute approximate surface area is 848 Å². The number of nitrogens with zero attached hydrogens (tertiary/aromatic N) is 11. The van der Waals surface area contributed by atoms with Gasteiger partial charge in [-0.05, 0) is 175 Å². The molecule has 8 aromatic heterocycles. The standard InChI is InChI=1S/C71H48N6.C43H24F2N4.C7F5N.2C4H8O/c1-42-29-33-63-52(37-42)53-38-43(2)30-34-64(53)76(63)69-67(73-57-23-11-5-17-46(57)47-18-6-12-24-58(47)73)56(41-72)68(74-59-25-13-7-19-48(59)49-20-8-14-26-60(49)74)70(71(69)75-61-27-15-9-21-50(61)51-22-10-16-28-62(51)75)77-65-35-31-44(3)39-54(65)55-40-45(4)32-36-66(55)77;44-39-41(47-33-19-7-1-13-26(33)27-14-2-8-20-34(27)47)32(25-46)42(48-35-21-9-3-15-28(35)29-16-4-10-22-36(29)48)40(45)43(39)49-37-23-11-5-17-30(37)31-18-6-12-24-38(31)49;8-3-2(1-13)4(9)6(11)7(12)5(3)10;2*1-2-4-5-3-1/h5-40H,1-4H3;1-24H;;2*1-4H2. The van der Waals surface area contributed by atoms with E-state index < -0.39 is 46.3 Å². The molecule has 2 aliphatic rings. The van der Waals surface area contributed by atoms with E-state index in [0.717, 1.165) is 202 Å². The lowest BCUT2D eigenvalue weighted by atomic mass is 10.0. The first-order chi connectivity index (χ1) is 73.0. The number of ether oxygens (including phenoxy) is 2. The maximum absolute atomic E-state index is 18.0. The van der Waals surface area contributed by atoms with E-state index in [1.807, 2.05) is 146 Å². The van der Waals surface area contributed by atoms with Gasteiger partial charge in [0.1, 0.15) is 52.0 Å². The molecule has 0 spiro atoms. The monoisotopic (exact) mass is 1960 g/mol. The summed E-state index contributed by atoms with van der Waals surface area (Å²) in [5.74, 6) is -12.4. The van der Waals surface area contributed by atoms with E-state index in [2.05, 4.69) is 281 Å². The second kappa shape index (κ2) is 37.0. The maximum atomic E-state index is 18.0. The van der Waals surface area contributed by atoms with Crippen LogP contribution in [0.5, 0.6) is 0 Å². The van der Waals surface area contributed by atoms with Crippen LogP contribution >= 0.6 is 0 Å². The van der Waals surface area contributed by atoms with Crippen LogP contribution in [0.2, 0.25) is 0 Å². The summed E-state index contributed by atoms with van der Waals surface area (Å²) in [6.07, 6.45) is 5.11. The van der Waals surface area contributed by atoms with Gasteiger partial charge in [0.25, 0.3) is 0 Å². The molecule has 13 nitrogen and oxygen atoms in total. The molecule has 29 rings (SSSR count). The van der Waals surface area contributed by atoms with Crippen LogP contribution in [-0.4, -0.2) is 63.0 Å². The molecule has 0 N–H and O–H groups in total. The summed E-state index contributed by atoms with van der Waals surface area (Å²) >= 11 is 0. The van der Waals surface area contributed by atoms with Crippen LogP contribution in [0.25, 0.3) is 220 Å². The maximum Gasteiger partial charge on any atom is 0.200 e. The van der Waals surface area contributed by atoms with Gasteiger partial charge in [-0.2, -0.15) is 15.8 Å². The Kier molecular flexibility index (Phi) is 22.7. The van der Waals surface area contributed by atoms with Gasteiger partial charge in [0.2, 0.25) is 5.82 Å². The Balaban J connectivity index is 0.000000135. The minimum Gasteiger partial charge on any atom is -0.381 e.